The van der Waals surface area contributed by atoms with Crippen LogP contribution in [0.3, 0.4) is 0 Å². The number of phenolic OH excluding ortho intramolecular Hbond substituents is 1. The first-order chi connectivity index (χ1) is 11.4. The van der Waals surface area contributed by atoms with Crippen molar-refractivity contribution in [2.24, 2.45) is 5.10 Å². The number of nitrogens with zero attached hydrogens (tertiary/aromatic N) is 1. The van der Waals surface area contributed by atoms with Gasteiger partial charge in [0, 0.05) is 15.1 Å². The van der Waals surface area contributed by atoms with Gasteiger partial charge in [0.25, 0.3) is 5.91 Å². The Balaban J connectivity index is 1.90. The number of hydrogen-bond acceptors (Lipinski definition) is 4. The Hall–Kier alpha value is -1.57. The van der Waals surface area contributed by atoms with Crippen molar-refractivity contribution in [2.75, 3.05) is 6.61 Å². The number of nitrogens with one attached hydrogen (secondary N) is 1. The third kappa shape index (κ3) is 5.22. The quantitative estimate of drug-likeness (QED) is 0.496. The predicted octanol–water partition coefficient (Wildman–Crippen LogP) is 4.41. The van der Waals surface area contributed by atoms with E-state index in [-0.39, 0.29) is 12.4 Å². The number of halogens is 3. The van der Waals surface area contributed by atoms with Crippen LogP contribution in [0.2, 0.25) is 5.02 Å². The van der Waals surface area contributed by atoms with Crippen LogP contribution in [0.1, 0.15) is 11.1 Å². The van der Waals surface area contributed by atoms with E-state index in [0.29, 0.717) is 20.8 Å². The second-order valence-electron chi connectivity index (χ2n) is 4.82. The Morgan fingerprint density at radius 1 is 1.33 bits per heavy atom. The maximum atomic E-state index is 11.7. The number of amides is 1. The van der Waals surface area contributed by atoms with Gasteiger partial charge in [0.15, 0.2) is 6.61 Å². The fourth-order valence-corrected chi connectivity index (χ4v) is 3.10. The Morgan fingerprint density at radius 2 is 2.08 bits per heavy atom. The van der Waals surface area contributed by atoms with Gasteiger partial charge in [-0.15, -0.1) is 0 Å². The Bertz CT molecular complexity index is 797. The van der Waals surface area contributed by atoms with Crippen molar-refractivity contribution in [3.05, 3.63) is 55.4 Å². The van der Waals surface area contributed by atoms with Crippen LogP contribution in [0.15, 0.2) is 44.4 Å². The summed E-state index contributed by atoms with van der Waals surface area (Å²) in [6, 6.07) is 8.35. The van der Waals surface area contributed by atoms with Gasteiger partial charge in [-0.25, -0.2) is 5.43 Å². The fourth-order valence-electron chi connectivity index (χ4n) is 1.78. The molecule has 1 amide bonds. The van der Waals surface area contributed by atoms with Crippen LogP contribution < -0.4 is 10.2 Å². The van der Waals surface area contributed by atoms with Gasteiger partial charge in [-0.05, 0) is 58.7 Å². The fraction of sp³-hybridized carbons (Fsp3) is 0.125. The number of benzene rings is 2. The van der Waals surface area contributed by atoms with Crippen molar-refractivity contribution in [3.8, 4) is 11.5 Å². The van der Waals surface area contributed by atoms with E-state index in [9.17, 15) is 9.90 Å². The van der Waals surface area contributed by atoms with E-state index in [1.165, 1.54) is 12.3 Å². The lowest BCUT2D eigenvalue weighted by Gasteiger charge is -2.08. The minimum absolute atomic E-state index is 0.0764. The van der Waals surface area contributed by atoms with E-state index in [2.05, 4.69) is 42.4 Å². The molecule has 0 saturated carbocycles. The van der Waals surface area contributed by atoms with Crippen molar-refractivity contribution < 1.29 is 14.6 Å². The SMILES string of the molecule is Cc1cc(Cl)ccc1OCC(=O)N/N=C/c1cc(O)c(Br)cc1Br. The zero-order chi connectivity index (χ0) is 17.7. The summed E-state index contributed by atoms with van der Waals surface area (Å²) >= 11 is 12.4. The van der Waals surface area contributed by atoms with Gasteiger partial charge in [0.05, 0.1) is 10.7 Å². The molecule has 8 heteroatoms. The number of carbonyl (C=O) groups is 1. The number of ether oxygens (including phenoxy) is 1. The lowest BCUT2D eigenvalue weighted by Crippen LogP contribution is -2.24. The predicted molar refractivity (Wildman–Crippen MR) is 101 cm³/mol. The average Bonchev–Trinajstić information content (AvgIpc) is 2.51. The molecule has 0 radical (unpaired) electrons. The van der Waals surface area contributed by atoms with Gasteiger partial charge in [-0.1, -0.05) is 27.5 Å². The summed E-state index contributed by atoms with van der Waals surface area (Å²) in [5.74, 6) is 0.254. The van der Waals surface area contributed by atoms with Crippen LogP contribution in [0.25, 0.3) is 0 Å². The first-order valence-electron chi connectivity index (χ1n) is 6.75. The highest BCUT2D eigenvalue weighted by molar-refractivity contribution is 9.11. The molecule has 2 aromatic carbocycles. The largest absolute Gasteiger partial charge is 0.507 e. The van der Waals surface area contributed by atoms with E-state index < -0.39 is 5.91 Å². The molecule has 2 aromatic rings. The summed E-state index contributed by atoms with van der Waals surface area (Å²) in [4.78, 5) is 11.7. The van der Waals surface area contributed by atoms with Gasteiger partial charge in [0.2, 0.25) is 0 Å². The van der Waals surface area contributed by atoms with Crippen molar-refractivity contribution >= 4 is 55.6 Å². The topological polar surface area (TPSA) is 70.9 Å². The molecular weight excluding hydrogens is 463 g/mol. The van der Waals surface area contributed by atoms with Gasteiger partial charge in [0.1, 0.15) is 11.5 Å². The highest BCUT2D eigenvalue weighted by atomic mass is 79.9. The highest BCUT2D eigenvalue weighted by Gasteiger charge is 2.06. The molecule has 0 aliphatic heterocycles. The number of phenols is 1. The van der Waals surface area contributed by atoms with Crippen LogP contribution in [0, 0.1) is 6.92 Å². The number of hydrazone groups is 1. The molecule has 126 valence electrons. The third-order valence-corrected chi connectivity index (χ3v) is 4.51. The Morgan fingerprint density at radius 3 is 2.79 bits per heavy atom. The second-order valence-corrected chi connectivity index (χ2v) is 6.96. The lowest BCUT2D eigenvalue weighted by atomic mass is 10.2. The molecule has 5 nitrogen and oxygen atoms in total. The standard InChI is InChI=1S/C16H13Br2ClN2O3/c1-9-4-11(19)2-3-15(9)24-8-16(23)21-20-7-10-5-14(22)13(18)6-12(10)17/h2-7,22H,8H2,1H3,(H,21,23)/b20-7+. The van der Waals surface area contributed by atoms with Crippen molar-refractivity contribution in [3.63, 3.8) is 0 Å². The average molecular weight is 477 g/mol. The summed E-state index contributed by atoms with van der Waals surface area (Å²) in [6.07, 6.45) is 1.42. The van der Waals surface area contributed by atoms with E-state index in [1.54, 1.807) is 24.3 Å². The van der Waals surface area contributed by atoms with Gasteiger partial charge < -0.3 is 9.84 Å². The molecule has 0 atom stereocenters. The minimum Gasteiger partial charge on any atom is -0.507 e. The maximum Gasteiger partial charge on any atom is 0.277 e. The van der Waals surface area contributed by atoms with E-state index in [0.717, 1.165) is 10.0 Å². The number of hydrogen-bond donors (Lipinski definition) is 2. The Labute approximate surface area is 160 Å². The van der Waals surface area contributed by atoms with E-state index >= 15 is 0 Å². The normalized spacial score (nSPS) is 10.8. The van der Waals surface area contributed by atoms with Gasteiger partial charge in [-0.3, -0.25) is 4.79 Å². The second kappa shape index (κ2) is 8.50. The van der Waals surface area contributed by atoms with Gasteiger partial charge in [-0.2, -0.15) is 5.10 Å². The third-order valence-electron chi connectivity index (χ3n) is 2.95. The summed E-state index contributed by atoms with van der Waals surface area (Å²) in [6.45, 7) is 1.67. The van der Waals surface area contributed by atoms with Crippen molar-refractivity contribution in [1.29, 1.82) is 0 Å². The first kappa shape index (κ1) is 18.8. The smallest absolute Gasteiger partial charge is 0.277 e. The molecule has 0 saturated heterocycles. The number of aryl methyl sites for hydroxylation is 1. The summed E-state index contributed by atoms with van der Waals surface area (Å²) in [7, 11) is 0. The Kier molecular flexibility index (Phi) is 6.65. The van der Waals surface area contributed by atoms with Crippen molar-refractivity contribution in [2.45, 2.75) is 6.92 Å². The monoisotopic (exact) mass is 474 g/mol. The zero-order valence-corrected chi connectivity index (χ0v) is 16.4. The first-order valence-corrected chi connectivity index (χ1v) is 8.72. The van der Waals surface area contributed by atoms with Crippen LogP contribution in [-0.2, 0) is 4.79 Å². The maximum absolute atomic E-state index is 11.7. The molecular formula is C16H13Br2ClN2O3. The van der Waals surface area contributed by atoms with Gasteiger partial charge >= 0.3 is 0 Å². The zero-order valence-electron chi connectivity index (χ0n) is 12.5. The molecule has 0 aliphatic carbocycles. The molecule has 24 heavy (non-hydrogen) atoms. The number of aromatic hydroxyl groups is 1. The highest BCUT2D eigenvalue weighted by Crippen LogP contribution is 2.29. The molecule has 0 bridgehead atoms. The summed E-state index contributed by atoms with van der Waals surface area (Å²) in [5.41, 5.74) is 3.82. The molecule has 0 aliphatic rings. The number of carbonyl (C=O) groups excluding carboxylic acids is 1. The molecule has 2 N–H and O–H groups in total. The van der Waals surface area contributed by atoms with Crippen LogP contribution in [-0.4, -0.2) is 23.8 Å². The van der Waals surface area contributed by atoms with Crippen LogP contribution >= 0.6 is 43.5 Å². The number of rotatable bonds is 5. The van der Waals surface area contributed by atoms with E-state index in [1.807, 2.05) is 6.92 Å². The van der Waals surface area contributed by atoms with E-state index in [4.69, 9.17) is 16.3 Å². The van der Waals surface area contributed by atoms with Crippen LogP contribution in [0.5, 0.6) is 11.5 Å². The molecule has 0 heterocycles. The van der Waals surface area contributed by atoms with Crippen molar-refractivity contribution in [1.82, 2.24) is 5.43 Å². The summed E-state index contributed by atoms with van der Waals surface area (Å²) in [5, 5.41) is 14.1. The molecule has 0 spiro atoms. The molecule has 2 rings (SSSR count). The summed E-state index contributed by atoms with van der Waals surface area (Å²) < 4.78 is 6.69. The van der Waals surface area contributed by atoms with Crippen LogP contribution in [0.4, 0.5) is 0 Å². The lowest BCUT2D eigenvalue weighted by molar-refractivity contribution is -0.123. The molecule has 0 fully saturated rings. The minimum atomic E-state index is -0.405. The molecule has 0 aromatic heterocycles. The molecule has 0 unspecified atom stereocenters.